The van der Waals surface area contributed by atoms with Crippen LogP contribution in [0, 0.1) is 5.82 Å². The maximum Gasteiger partial charge on any atom is 0.127 e. The van der Waals surface area contributed by atoms with Crippen molar-refractivity contribution in [3.63, 3.8) is 0 Å². The molecule has 0 N–H and O–H groups in total. The van der Waals surface area contributed by atoms with E-state index in [0.717, 1.165) is 43.9 Å². The van der Waals surface area contributed by atoms with E-state index in [1.807, 2.05) is 6.07 Å². The molecule has 2 rings (SSSR count). The molecule has 0 aliphatic carbocycles. The van der Waals surface area contributed by atoms with Gasteiger partial charge in [0.15, 0.2) is 0 Å². The lowest BCUT2D eigenvalue weighted by Crippen LogP contribution is -2.44. The number of hydrogen-bond acceptors (Lipinski definition) is 2. The number of nitrogens with zero attached hydrogens (tertiary/aromatic N) is 2. The third kappa shape index (κ3) is 3.77. The fourth-order valence-electron chi connectivity index (χ4n) is 2.39. The molecule has 0 spiro atoms. The van der Waals surface area contributed by atoms with Gasteiger partial charge in [-0.1, -0.05) is 32.9 Å². The van der Waals surface area contributed by atoms with Gasteiger partial charge in [-0.25, -0.2) is 4.39 Å². The monoisotopic (exact) mass is 264 g/mol. The second-order valence-electron chi connectivity index (χ2n) is 6.64. The molecule has 0 aromatic heterocycles. The Bertz CT molecular complexity index is 429. The predicted octanol–water partition coefficient (Wildman–Crippen LogP) is 2.87. The van der Waals surface area contributed by atoms with Gasteiger partial charge in [-0.2, -0.15) is 0 Å². The van der Waals surface area contributed by atoms with Gasteiger partial charge in [-0.05, 0) is 24.1 Å². The average Bonchev–Trinajstić information content (AvgIpc) is 2.33. The number of piperazine rings is 1. The van der Waals surface area contributed by atoms with E-state index in [4.69, 9.17) is 0 Å². The molecule has 0 atom stereocenters. The molecule has 2 nitrogen and oxygen atoms in total. The van der Waals surface area contributed by atoms with Crippen molar-refractivity contribution in [1.82, 2.24) is 9.80 Å². The molecule has 1 aromatic rings. The Morgan fingerprint density at radius 2 is 1.74 bits per heavy atom. The highest BCUT2D eigenvalue weighted by atomic mass is 19.1. The van der Waals surface area contributed by atoms with E-state index in [-0.39, 0.29) is 11.2 Å². The van der Waals surface area contributed by atoms with Gasteiger partial charge in [0.25, 0.3) is 0 Å². The maximum atomic E-state index is 14.2. The molecule has 1 fully saturated rings. The molecule has 1 aliphatic heterocycles. The zero-order chi connectivity index (χ0) is 14.0. The van der Waals surface area contributed by atoms with E-state index in [0.29, 0.717) is 0 Å². The van der Waals surface area contributed by atoms with Gasteiger partial charge in [0.1, 0.15) is 5.82 Å². The van der Waals surface area contributed by atoms with Gasteiger partial charge in [-0.15, -0.1) is 0 Å². The van der Waals surface area contributed by atoms with E-state index in [9.17, 15) is 4.39 Å². The first-order valence-corrected chi connectivity index (χ1v) is 7.06. The SMILES string of the molecule is CN1CCN(Cc2ccc(C(C)(C)C)cc2F)CC1. The Kier molecular flexibility index (Phi) is 4.26. The molecule has 106 valence electrons. The van der Waals surface area contributed by atoms with Gasteiger partial charge >= 0.3 is 0 Å². The Labute approximate surface area is 116 Å². The van der Waals surface area contributed by atoms with E-state index in [2.05, 4.69) is 43.7 Å². The zero-order valence-corrected chi connectivity index (χ0v) is 12.5. The summed E-state index contributed by atoms with van der Waals surface area (Å²) in [7, 11) is 2.13. The molecule has 0 unspecified atom stereocenters. The zero-order valence-electron chi connectivity index (χ0n) is 12.5. The Morgan fingerprint density at radius 1 is 1.11 bits per heavy atom. The Hall–Kier alpha value is -0.930. The highest BCUT2D eigenvalue weighted by molar-refractivity contribution is 5.29. The molecule has 3 heteroatoms. The summed E-state index contributed by atoms with van der Waals surface area (Å²) in [6, 6.07) is 5.72. The molecular weight excluding hydrogens is 239 g/mol. The lowest BCUT2D eigenvalue weighted by Gasteiger charge is -2.32. The third-order valence-corrected chi connectivity index (χ3v) is 3.91. The molecule has 19 heavy (non-hydrogen) atoms. The molecule has 1 saturated heterocycles. The van der Waals surface area contributed by atoms with Crippen molar-refractivity contribution in [3.05, 3.63) is 35.1 Å². The van der Waals surface area contributed by atoms with Gasteiger partial charge in [0, 0.05) is 38.3 Å². The second kappa shape index (κ2) is 5.59. The first kappa shape index (κ1) is 14.5. The van der Waals surface area contributed by atoms with Crippen molar-refractivity contribution >= 4 is 0 Å². The van der Waals surface area contributed by atoms with Crippen LogP contribution in [0.3, 0.4) is 0 Å². The number of hydrogen-bond donors (Lipinski definition) is 0. The molecule has 0 saturated carbocycles. The molecule has 1 aliphatic rings. The van der Waals surface area contributed by atoms with Crippen LogP contribution < -0.4 is 0 Å². The first-order valence-electron chi connectivity index (χ1n) is 7.06. The second-order valence-corrected chi connectivity index (χ2v) is 6.64. The molecule has 0 bridgehead atoms. The van der Waals surface area contributed by atoms with E-state index in [1.54, 1.807) is 6.07 Å². The summed E-state index contributed by atoms with van der Waals surface area (Å²) >= 11 is 0. The topological polar surface area (TPSA) is 6.48 Å². The van der Waals surface area contributed by atoms with Gasteiger partial charge in [0.05, 0.1) is 0 Å². The van der Waals surface area contributed by atoms with E-state index < -0.39 is 0 Å². The Morgan fingerprint density at radius 3 is 2.26 bits per heavy atom. The summed E-state index contributed by atoms with van der Waals surface area (Å²) in [5, 5.41) is 0. The van der Waals surface area contributed by atoms with Crippen molar-refractivity contribution in [2.24, 2.45) is 0 Å². The molecular formula is C16H25FN2. The summed E-state index contributed by atoms with van der Waals surface area (Å²) < 4.78 is 14.2. The quantitative estimate of drug-likeness (QED) is 0.810. The Balaban J connectivity index is 2.05. The summed E-state index contributed by atoms with van der Waals surface area (Å²) in [5.74, 6) is -0.0636. The normalized spacial score (nSPS) is 18.8. The van der Waals surface area contributed by atoms with Crippen molar-refractivity contribution in [1.29, 1.82) is 0 Å². The van der Waals surface area contributed by atoms with E-state index in [1.165, 1.54) is 0 Å². The lowest BCUT2D eigenvalue weighted by molar-refractivity contribution is 0.147. The van der Waals surface area contributed by atoms with E-state index >= 15 is 0 Å². The highest BCUT2D eigenvalue weighted by Gasteiger charge is 2.18. The third-order valence-electron chi connectivity index (χ3n) is 3.91. The fraction of sp³-hybridized carbons (Fsp3) is 0.625. The summed E-state index contributed by atoms with van der Waals surface area (Å²) in [4.78, 5) is 4.64. The van der Waals surface area contributed by atoms with Crippen LogP contribution in [0.25, 0.3) is 0 Å². The minimum atomic E-state index is -0.0636. The van der Waals surface area contributed by atoms with Crippen molar-refractivity contribution in [2.45, 2.75) is 32.7 Å². The smallest absolute Gasteiger partial charge is 0.127 e. The maximum absolute atomic E-state index is 14.2. The van der Waals surface area contributed by atoms with Crippen LogP contribution in [0.4, 0.5) is 4.39 Å². The largest absolute Gasteiger partial charge is 0.304 e. The minimum Gasteiger partial charge on any atom is -0.304 e. The van der Waals surface area contributed by atoms with Crippen molar-refractivity contribution < 1.29 is 4.39 Å². The summed E-state index contributed by atoms with van der Waals surface area (Å²) in [6.07, 6.45) is 0. The van der Waals surface area contributed by atoms with Crippen molar-refractivity contribution in [3.8, 4) is 0 Å². The molecule has 1 aromatic carbocycles. The standard InChI is InChI=1S/C16H25FN2/c1-16(2,3)14-6-5-13(15(17)11-14)12-19-9-7-18(4)8-10-19/h5-6,11H,7-10,12H2,1-4H3. The molecule has 1 heterocycles. The van der Waals surface area contributed by atoms with Crippen LogP contribution in [0.1, 0.15) is 31.9 Å². The van der Waals surface area contributed by atoms with Crippen LogP contribution in [0.15, 0.2) is 18.2 Å². The average molecular weight is 264 g/mol. The van der Waals surface area contributed by atoms with Crippen LogP contribution in [-0.4, -0.2) is 43.0 Å². The van der Waals surface area contributed by atoms with Gasteiger partial charge in [0.2, 0.25) is 0 Å². The number of halogens is 1. The summed E-state index contributed by atoms with van der Waals surface area (Å²) in [6.45, 7) is 11.3. The van der Waals surface area contributed by atoms with Crippen LogP contribution >= 0.6 is 0 Å². The fourth-order valence-corrected chi connectivity index (χ4v) is 2.39. The number of likely N-dealkylation sites (N-methyl/N-ethyl adjacent to an activating group) is 1. The number of benzene rings is 1. The van der Waals surface area contributed by atoms with Crippen LogP contribution in [0.5, 0.6) is 0 Å². The first-order chi connectivity index (χ1) is 8.86. The molecule has 0 amide bonds. The lowest BCUT2D eigenvalue weighted by atomic mass is 9.86. The van der Waals surface area contributed by atoms with Gasteiger partial charge in [-0.3, -0.25) is 4.90 Å². The summed E-state index contributed by atoms with van der Waals surface area (Å²) in [5.41, 5.74) is 1.89. The molecule has 0 radical (unpaired) electrons. The predicted molar refractivity (Wildman–Crippen MR) is 77.9 cm³/mol. The minimum absolute atomic E-state index is 0.00715. The van der Waals surface area contributed by atoms with Gasteiger partial charge < -0.3 is 4.90 Å². The van der Waals surface area contributed by atoms with Crippen molar-refractivity contribution in [2.75, 3.05) is 33.2 Å². The number of rotatable bonds is 2. The van der Waals surface area contributed by atoms with Crippen LogP contribution in [-0.2, 0) is 12.0 Å². The highest BCUT2D eigenvalue weighted by Crippen LogP contribution is 2.24. The van der Waals surface area contributed by atoms with Crippen LogP contribution in [0.2, 0.25) is 0 Å².